The van der Waals surface area contributed by atoms with Gasteiger partial charge in [0.15, 0.2) is 5.82 Å². The Bertz CT molecular complexity index is 579. The van der Waals surface area contributed by atoms with Gasteiger partial charge in [0.25, 0.3) is 0 Å². The average molecular weight is 290 g/mol. The van der Waals surface area contributed by atoms with Gasteiger partial charge in [0, 0.05) is 17.9 Å². The summed E-state index contributed by atoms with van der Waals surface area (Å²) in [7, 11) is 0. The molecular weight excluding hydrogens is 272 g/mol. The highest BCUT2D eigenvalue weighted by Crippen LogP contribution is 2.26. The summed E-state index contributed by atoms with van der Waals surface area (Å²) in [4.78, 5) is 0. The molecule has 0 amide bonds. The molecule has 0 unspecified atom stereocenters. The average Bonchev–Trinajstić information content (AvgIpc) is 2.89. The molecule has 3 rings (SSSR count). The van der Waals surface area contributed by atoms with E-state index in [2.05, 4.69) is 29.5 Å². The molecule has 0 fully saturated rings. The van der Waals surface area contributed by atoms with E-state index in [4.69, 9.17) is 4.74 Å². The number of fused-ring (bicyclic) bond motifs is 1. The number of thioether (sulfide) groups is 1. The molecule has 0 atom stereocenters. The maximum absolute atomic E-state index is 5.69. The summed E-state index contributed by atoms with van der Waals surface area (Å²) in [6, 6.07) is 8.01. The Morgan fingerprint density at radius 3 is 2.85 bits per heavy atom. The minimum absolute atomic E-state index is 0.527. The van der Waals surface area contributed by atoms with Crippen LogP contribution in [0.5, 0.6) is 5.75 Å². The largest absolute Gasteiger partial charge is 0.493 e. The third kappa shape index (κ3) is 2.75. The van der Waals surface area contributed by atoms with E-state index in [1.165, 1.54) is 0 Å². The second-order valence-electron chi connectivity index (χ2n) is 5.13. The molecule has 6 heteroatoms. The van der Waals surface area contributed by atoms with Crippen molar-refractivity contribution in [1.82, 2.24) is 14.9 Å². The molecule has 1 aromatic carbocycles. The van der Waals surface area contributed by atoms with E-state index in [1.807, 2.05) is 28.9 Å². The third-order valence-corrected chi connectivity index (χ3v) is 3.86. The normalized spacial score (nSPS) is 13.9. The first kappa shape index (κ1) is 13.3. The number of aromatic nitrogens is 3. The van der Waals surface area contributed by atoms with E-state index in [9.17, 15) is 0 Å². The summed E-state index contributed by atoms with van der Waals surface area (Å²) in [5.74, 6) is 3.30. The fourth-order valence-corrected chi connectivity index (χ4v) is 2.71. The monoisotopic (exact) mass is 290 g/mol. The molecule has 0 radical (unpaired) electrons. The summed E-state index contributed by atoms with van der Waals surface area (Å²) in [6.07, 6.45) is 0. The number of rotatable bonds is 4. The SMILES string of the molecule is CC(C)COc1ccc(-c2nnc3n2NCCS3)cc1. The highest BCUT2D eigenvalue weighted by Gasteiger charge is 2.17. The van der Waals surface area contributed by atoms with Gasteiger partial charge in [0.05, 0.1) is 6.61 Å². The summed E-state index contributed by atoms with van der Waals surface area (Å²) in [5.41, 5.74) is 4.34. The van der Waals surface area contributed by atoms with Crippen molar-refractivity contribution in [3.63, 3.8) is 0 Å². The Morgan fingerprint density at radius 2 is 2.10 bits per heavy atom. The molecule has 20 heavy (non-hydrogen) atoms. The summed E-state index contributed by atoms with van der Waals surface area (Å²) < 4.78 is 7.65. The molecule has 1 aliphatic rings. The van der Waals surface area contributed by atoms with Gasteiger partial charge in [-0.15, -0.1) is 10.2 Å². The summed E-state index contributed by atoms with van der Waals surface area (Å²) in [5, 5.41) is 9.38. The van der Waals surface area contributed by atoms with Gasteiger partial charge in [-0.1, -0.05) is 25.6 Å². The van der Waals surface area contributed by atoms with Crippen LogP contribution in [0, 0.1) is 5.92 Å². The number of nitrogens with zero attached hydrogens (tertiary/aromatic N) is 3. The van der Waals surface area contributed by atoms with E-state index in [1.54, 1.807) is 11.8 Å². The molecule has 1 N–H and O–H groups in total. The minimum Gasteiger partial charge on any atom is -0.493 e. The van der Waals surface area contributed by atoms with Gasteiger partial charge in [-0.2, -0.15) is 0 Å². The number of ether oxygens (including phenoxy) is 1. The lowest BCUT2D eigenvalue weighted by Gasteiger charge is -2.16. The van der Waals surface area contributed by atoms with Gasteiger partial charge in [-0.05, 0) is 30.2 Å². The van der Waals surface area contributed by atoms with E-state index in [0.29, 0.717) is 5.92 Å². The van der Waals surface area contributed by atoms with Gasteiger partial charge >= 0.3 is 0 Å². The second kappa shape index (κ2) is 5.75. The fourth-order valence-electron chi connectivity index (χ4n) is 1.96. The van der Waals surface area contributed by atoms with Crippen molar-refractivity contribution in [2.45, 2.75) is 19.0 Å². The van der Waals surface area contributed by atoms with Crippen LogP contribution in [-0.4, -0.2) is 33.8 Å². The van der Waals surface area contributed by atoms with E-state index >= 15 is 0 Å². The lowest BCUT2D eigenvalue weighted by Crippen LogP contribution is -2.23. The van der Waals surface area contributed by atoms with Crippen LogP contribution in [0.3, 0.4) is 0 Å². The highest BCUT2D eigenvalue weighted by molar-refractivity contribution is 7.99. The molecule has 5 nitrogen and oxygen atoms in total. The van der Waals surface area contributed by atoms with E-state index < -0.39 is 0 Å². The van der Waals surface area contributed by atoms with Crippen molar-refractivity contribution in [1.29, 1.82) is 0 Å². The Hall–Kier alpha value is -1.69. The summed E-state index contributed by atoms with van der Waals surface area (Å²) in [6.45, 7) is 5.94. The smallest absolute Gasteiger partial charge is 0.210 e. The Labute approximate surface area is 122 Å². The Morgan fingerprint density at radius 1 is 1.30 bits per heavy atom. The maximum Gasteiger partial charge on any atom is 0.210 e. The quantitative estimate of drug-likeness (QED) is 0.938. The lowest BCUT2D eigenvalue weighted by atomic mass is 10.2. The molecule has 0 saturated carbocycles. The molecule has 106 valence electrons. The molecule has 2 heterocycles. The van der Waals surface area contributed by atoms with Gasteiger partial charge in [-0.25, -0.2) is 4.68 Å². The van der Waals surface area contributed by atoms with Crippen molar-refractivity contribution in [3.8, 4) is 17.1 Å². The molecule has 2 aromatic rings. The van der Waals surface area contributed by atoms with Crippen LogP contribution in [0.1, 0.15) is 13.8 Å². The van der Waals surface area contributed by atoms with Gasteiger partial charge in [0.2, 0.25) is 5.16 Å². The minimum atomic E-state index is 0.527. The van der Waals surface area contributed by atoms with Gasteiger partial charge in [0.1, 0.15) is 5.75 Å². The number of benzene rings is 1. The number of hydrogen-bond acceptors (Lipinski definition) is 5. The zero-order chi connectivity index (χ0) is 13.9. The van der Waals surface area contributed by atoms with Crippen molar-refractivity contribution in [2.75, 3.05) is 24.3 Å². The molecular formula is C14H18N4OS. The predicted octanol–water partition coefficient (Wildman–Crippen LogP) is 2.63. The number of hydrogen-bond donors (Lipinski definition) is 1. The topological polar surface area (TPSA) is 52.0 Å². The predicted molar refractivity (Wildman–Crippen MR) is 80.7 cm³/mol. The molecule has 1 aliphatic heterocycles. The number of nitrogens with one attached hydrogen (secondary N) is 1. The third-order valence-electron chi connectivity index (χ3n) is 2.93. The second-order valence-corrected chi connectivity index (χ2v) is 6.19. The van der Waals surface area contributed by atoms with Crippen molar-refractivity contribution in [3.05, 3.63) is 24.3 Å². The van der Waals surface area contributed by atoms with Crippen LogP contribution in [-0.2, 0) is 0 Å². The van der Waals surface area contributed by atoms with Crippen LogP contribution in [0.15, 0.2) is 29.4 Å². The Kier molecular flexibility index (Phi) is 3.82. The Balaban J connectivity index is 1.79. The first-order chi connectivity index (χ1) is 9.74. The van der Waals surface area contributed by atoms with Crippen molar-refractivity contribution >= 4 is 11.8 Å². The van der Waals surface area contributed by atoms with Crippen molar-refractivity contribution in [2.24, 2.45) is 5.92 Å². The summed E-state index contributed by atoms with van der Waals surface area (Å²) >= 11 is 1.72. The van der Waals surface area contributed by atoms with Crippen LogP contribution >= 0.6 is 11.8 Å². The zero-order valence-corrected chi connectivity index (χ0v) is 12.5. The van der Waals surface area contributed by atoms with Crippen LogP contribution in [0.4, 0.5) is 0 Å². The van der Waals surface area contributed by atoms with E-state index in [-0.39, 0.29) is 0 Å². The molecule has 0 bridgehead atoms. The van der Waals surface area contributed by atoms with Crippen LogP contribution in [0.25, 0.3) is 11.4 Å². The molecule has 0 spiro atoms. The standard InChI is InChI=1S/C14H18N4OS/c1-10(2)9-19-12-5-3-11(4-6-12)13-16-17-14-18(13)15-7-8-20-14/h3-6,10,15H,7-9H2,1-2H3. The van der Waals surface area contributed by atoms with Crippen LogP contribution in [0.2, 0.25) is 0 Å². The maximum atomic E-state index is 5.69. The first-order valence-corrected chi connectivity index (χ1v) is 7.78. The molecule has 0 aliphatic carbocycles. The fraction of sp³-hybridized carbons (Fsp3) is 0.429. The van der Waals surface area contributed by atoms with E-state index in [0.717, 1.165) is 41.2 Å². The van der Waals surface area contributed by atoms with Crippen molar-refractivity contribution < 1.29 is 4.74 Å². The molecule has 0 saturated heterocycles. The van der Waals surface area contributed by atoms with Gasteiger partial charge in [-0.3, -0.25) is 0 Å². The first-order valence-electron chi connectivity index (χ1n) is 6.79. The lowest BCUT2D eigenvalue weighted by molar-refractivity contribution is 0.271. The van der Waals surface area contributed by atoms with Gasteiger partial charge < -0.3 is 10.2 Å². The highest BCUT2D eigenvalue weighted by atomic mass is 32.2. The molecule has 1 aromatic heterocycles. The zero-order valence-electron chi connectivity index (χ0n) is 11.7. The van der Waals surface area contributed by atoms with Crippen LogP contribution < -0.4 is 10.2 Å².